The van der Waals surface area contributed by atoms with Crippen LogP contribution in [0, 0.1) is 0 Å². The maximum absolute atomic E-state index is 12.8. The Labute approximate surface area is 168 Å². The molecule has 0 radical (unpaired) electrons. The van der Waals surface area contributed by atoms with Crippen LogP contribution in [-0.2, 0) is 27.2 Å². The number of aromatic nitrogens is 1. The van der Waals surface area contributed by atoms with E-state index in [1.165, 1.54) is 35.4 Å². The largest absolute Gasteiger partial charge is 0.416 e. The molecule has 3 rings (SSSR count). The molecule has 0 aliphatic carbocycles. The summed E-state index contributed by atoms with van der Waals surface area (Å²) < 4.78 is 61.2. The minimum Gasteiger partial charge on any atom is -0.301 e. The van der Waals surface area contributed by atoms with Gasteiger partial charge < -0.3 is 5.32 Å². The molecular formula is C17H17F3N2O3S3. The first-order chi connectivity index (χ1) is 13.1. The van der Waals surface area contributed by atoms with Crippen molar-refractivity contribution in [2.75, 3.05) is 22.6 Å². The topological polar surface area (TPSA) is 76.1 Å². The molecule has 1 aromatic carbocycles. The zero-order valence-corrected chi connectivity index (χ0v) is 17.0. The average molecular weight is 451 g/mol. The Balaban J connectivity index is 1.52. The van der Waals surface area contributed by atoms with Gasteiger partial charge in [0.25, 0.3) is 0 Å². The zero-order valence-electron chi connectivity index (χ0n) is 14.5. The number of carbonyl (C=O) groups is 1. The first-order valence-corrected chi connectivity index (χ1v) is 12.0. The molecule has 11 heteroatoms. The van der Waals surface area contributed by atoms with Crippen LogP contribution in [0.4, 0.5) is 18.3 Å². The van der Waals surface area contributed by atoms with Crippen molar-refractivity contribution < 1.29 is 26.4 Å². The smallest absolute Gasteiger partial charge is 0.301 e. The van der Waals surface area contributed by atoms with E-state index < -0.39 is 21.6 Å². The molecule has 2 aromatic rings. The van der Waals surface area contributed by atoms with Crippen LogP contribution in [0.5, 0.6) is 0 Å². The van der Waals surface area contributed by atoms with Crippen molar-refractivity contribution in [3.63, 3.8) is 0 Å². The van der Waals surface area contributed by atoms with Crippen molar-refractivity contribution in [3.05, 3.63) is 46.5 Å². The summed E-state index contributed by atoms with van der Waals surface area (Å²) in [7, 11) is -2.97. The van der Waals surface area contributed by atoms with Gasteiger partial charge in [0, 0.05) is 22.7 Å². The van der Waals surface area contributed by atoms with Gasteiger partial charge in [-0.15, -0.1) is 23.1 Å². The highest BCUT2D eigenvalue weighted by atomic mass is 32.2. The molecule has 28 heavy (non-hydrogen) atoms. The monoisotopic (exact) mass is 450 g/mol. The number of thioether (sulfide) groups is 1. The van der Waals surface area contributed by atoms with E-state index in [2.05, 4.69) is 10.3 Å². The molecule has 0 bridgehead atoms. The van der Waals surface area contributed by atoms with Gasteiger partial charge in [0.15, 0.2) is 15.0 Å². The molecule has 1 aliphatic rings. The third-order valence-electron chi connectivity index (χ3n) is 4.07. The number of nitrogens with one attached hydrogen (secondary N) is 1. The molecular weight excluding hydrogens is 433 g/mol. The zero-order chi connectivity index (χ0) is 20.4. The van der Waals surface area contributed by atoms with Crippen LogP contribution < -0.4 is 5.32 Å². The van der Waals surface area contributed by atoms with E-state index in [-0.39, 0.29) is 34.8 Å². The predicted molar refractivity (Wildman–Crippen MR) is 105 cm³/mol. The summed E-state index contributed by atoms with van der Waals surface area (Å²) in [6.45, 7) is 0. The van der Waals surface area contributed by atoms with E-state index in [1.807, 2.05) is 0 Å². The minimum absolute atomic E-state index is 0.0662. The van der Waals surface area contributed by atoms with E-state index in [0.717, 1.165) is 17.0 Å². The van der Waals surface area contributed by atoms with Gasteiger partial charge in [-0.05, 0) is 18.1 Å². The third-order valence-corrected chi connectivity index (χ3v) is 8.27. The summed E-state index contributed by atoms with van der Waals surface area (Å²) in [6.07, 6.45) is -2.03. The number of hydrogen-bond donors (Lipinski definition) is 1. The van der Waals surface area contributed by atoms with Crippen molar-refractivity contribution in [1.29, 1.82) is 0 Å². The summed E-state index contributed by atoms with van der Waals surface area (Å²) >= 11 is 2.50. The Morgan fingerprint density at radius 2 is 2.14 bits per heavy atom. The molecule has 1 amide bonds. The highest BCUT2D eigenvalue weighted by Gasteiger charge is 2.30. The SMILES string of the molecule is O=C(CSC1CCS(=O)(=O)C1)Nc1ncc(Cc2cccc(C(F)(F)F)c2)s1. The van der Waals surface area contributed by atoms with Crippen LogP contribution in [0.25, 0.3) is 0 Å². The van der Waals surface area contributed by atoms with Gasteiger partial charge in [0.1, 0.15) is 0 Å². The highest BCUT2D eigenvalue weighted by Crippen LogP contribution is 2.31. The highest BCUT2D eigenvalue weighted by molar-refractivity contribution is 8.02. The van der Waals surface area contributed by atoms with Crippen LogP contribution in [-0.4, -0.2) is 41.8 Å². The van der Waals surface area contributed by atoms with Gasteiger partial charge in [-0.3, -0.25) is 4.79 Å². The third kappa shape index (κ3) is 5.95. The second kappa shape index (κ2) is 8.42. The summed E-state index contributed by atoms with van der Waals surface area (Å²) in [5.74, 6) is 0.110. The van der Waals surface area contributed by atoms with Gasteiger partial charge in [0.05, 0.1) is 22.8 Å². The first kappa shape index (κ1) is 21.1. The van der Waals surface area contributed by atoms with Crippen LogP contribution in [0.1, 0.15) is 22.4 Å². The molecule has 1 saturated heterocycles. The molecule has 1 aliphatic heterocycles. The lowest BCUT2D eigenvalue weighted by Crippen LogP contribution is -2.17. The summed E-state index contributed by atoms with van der Waals surface area (Å²) in [5, 5.41) is 2.95. The van der Waals surface area contributed by atoms with Crippen molar-refractivity contribution in [2.24, 2.45) is 0 Å². The molecule has 0 saturated carbocycles. The lowest BCUT2D eigenvalue weighted by atomic mass is 10.1. The molecule has 1 N–H and O–H groups in total. The van der Waals surface area contributed by atoms with E-state index >= 15 is 0 Å². The first-order valence-electron chi connectivity index (χ1n) is 8.33. The van der Waals surface area contributed by atoms with E-state index in [9.17, 15) is 26.4 Å². The van der Waals surface area contributed by atoms with Crippen LogP contribution >= 0.6 is 23.1 Å². The summed E-state index contributed by atoms with van der Waals surface area (Å²) in [5.41, 5.74) is -0.191. The maximum Gasteiger partial charge on any atom is 0.416 e. The Morgan fingerprint density at radius 1 is 1.36 bits per heavy atom. The van der Waals surface area contributed by atoms with Crippen molar-refractivity contribution in [3.8, 4) is 0 Å². The molecule has 0 spiro atoms. The maximum atomic E-state index is 12.8. The molecule has 1 atom stereocenters. The molecule has 152 valence electrons. The number of thiazole rings is 1. The normalized spacial score (nSPS) is 18.9. The molecule has 5 nitrogen and oxygen atoms in total. The van der Waals surface area contributed by atoms with Crippen LogP contribution in [0.15, 0.2) is 30.5 Å². The van der Waals surface area contributed by atoms with E-state index in [0.29, 0.717) is 17.1 Å². The Kier molecular flexibility index (Phi) is 6.35. The lowest BCUT2D eigenvalue weighted by Gasteiger charge is -2.08. The Morgan fingerprint density at radius 3 is 2.82 bits per heavy atom. The van der Waals surface area contributed by atoms with Crippen LogP contribution in [0.2, 0.25) is 0 Å². The number of anilines is 1. The number of hydrogen-bond acceptors (Lipinski definition) is 6. The van der Waals surface area contributed by atoms with Gasteiger partial charge in [0.2, 0.25) is 5.91 Å². The Bertz CT molecular complexity index is 958. The Hall–Kier alpha value is -1.59. The molecule has 1 fully saturated rings. The number of benzene rings is 1. The second-order valence-corrected chi connectivity index (χ2v) is 11.0. The average Bonchev–Trinajstić information content (AvgIpc) is 3.18. The molecule has 2 heterocycles. The summed E-state index contributed by atoms with van der Waals surface area (Å²) in [4.78, 5) is 16.8. The van der Waals surface area contributed by atoms with Crippen molar-refractivity contribution in [1.82, 2.24) is 4.98 Å². The van der Waals surface area contributed by atoms with Gasteiger partial charge in [-0.2, -0.15) is 13.2 Å². The van der Waals surface area contributed by atoms with Gasteiger partial charge >= 0.3 is 6.18 Å². The quantitative estimate of drug-likeness (QED) is 0.728. The van der Waals surface area contributed by atoms with Crippen molar-refractivity contribution in [2.45, 2.75) is 24.3 Å². The minimum atomic E-state index is -4.39. The van der Waals surface area contributed by atoms with Gasteiger partial charge in [-0.25, -0.2) is 13.4 Å². The number of carbonyl (C=O) groups excluding carboxylic acids is 1. The fourth-order valence-corrected chi connectivity index (χ4v) is 7.05. The van der Waals surface area contributed by atoms with Gasteiger partial charge in [-0.1, -0.05) is 18.2 Å². The number of rotatable bonds is 6. The van der Waals surface area contributed by atoms with Crippen molar-refractivity contribution >= 4 is 44.0 Å². The standard InChI is InChI=1S/C17H17F3N2O3S3/c18-17(19,20)12-3-1-2-11(6-12)7-14-8-21-16(27-14)22-15(23)9-26-13-4-5-28(24,25)10-13/h1-3,6,8,13H,4-5,7,9-10H2,(H,21,22,23). The number of alkyl halides is 3. The summed E-state index contributed by atoms with van der Waals surface area (Å²) in [6, 6.07) is 5.10. The number of halogens is 3. The molecule has 1 aromatic heterocycles. The predicted octanol–water partition coefficient (Wildman–Crippen LogP) is 3.61. The second-order valence-electron chi connectivity index (χ2n) is 6.39. The number of nitrogens with zero attached hydrogens (tertiary/aromatic N) is 1. The fourth-order valence-electron chi connectivity index (χ4n) is 2.75. The lowest BCUT2D eigenvalue weighted by molar-refractivity contribution is -0.137. The van der Waals surface area contributed by atoms with E-state index in [4.69, 9.17) is 0 Å². The molecule has 1 unspecified atom stereocenters. The number of sulfone groups is 1. The number of amides is 1. The van der Waals surface area contributed by atoms with E-state index in [1.54, 1.807) is 6.07 Å². The fraction of sp³-hybridized carbons (Fsp3) is 0.412. The van der Waals surface area contributed by atoms with Crippen LogP contribution in [0.3, 0.4) is 0 Å².